The summed E-state index contributed by atoms with van der Waals surface area (Å²) < 4.78 is 17.2. The Labute approximate surface area is 224 Å². The number of hydrogen-bond donors (Lipinski definition) is 1. The van der Waals surface area contributed by atoms with Gasteiger partial charge in [-0.3, -0.25) is 0 Å². The molecule has 4 aromatic carbocycles. The van der Waals surface area contributed by atoms with E-state index in [0.717, 1.165) is 5.56 Å². The number of carbonyl (C=O) groups is 1. The number of halogens is 1. The van der Waals surface area contributed by atoms with E-state index in [9.17, 15) is 10.1 Å². The summed E-state index contributed by atoms with van der Waals surface area (Å²) in [6.07, 6.45) is 2.88. The Morgan fingerprint density at radius 1 is 0.921 bits per heavy atom. The lowest BCUT2D eigenvalue weighted by Crippen LogP contribution is -2.21. The molecule has 0 spiro atoms. The number of rotatable bonds is 6. The highest BCUT2D eigenvalue weighted by Crippen LogP contribution is 2.44. The number of benzene rings is 4. The van der Waals surface area contributed by atoms with Gasteiger partial charge in [0, 0.05) is 22.7 Å². The van der Waals surface area contributed by atoms with Crippen LogP contribution in [0.4, 0.5) is 0 Å². The Balaban J connectivity index is 1.41. The Kier molecular flexibility index (Phi) is 7.12. The molecule has 1 aliphatic rings. The van der Waals surface area contributed by atoms with Gasteiger partial charge in [-0.2, -0.15) is 5.26 Å². The normalized spacial score (nSPS) is 14.4. The van der Waals surface area contributed by atoms with Crippen molar-refractivity contribution in [3.8, 4) is 29.1 Å². The highest BCUT2D eigenvalue weighted by Gasteiger charge is 2.31. The number of nitriles is 1. The minimum atomic E-state index is -0.579. The first kappa shape index (κ1) is 24.7. The van der Waals surface area contributed by atoms with Crippen LogP contribution in [0, 0.1) is 11.3 Å². The molecule has 7 heteroatoms. The summed E-state index contributed by atoms with van der Waals surface area (Å²) in [5, 5.41) is 10.4. The maximum atomic E-state index is 12.4. The molecule has 4 aromatic rings. The topological polar surface area (TPSA) is 94.6 Å². The summed E-state index contributed by atoms with van der Waals surface area (Å²) in [5.74, 6) is 0.890. The molecule has 6 nitrogen and oxygen atoms in total. The van der Waals surface area contributed by atoms with E-state index in [1.165, 1.54) is 6.08 Å². The summed E-state index contributed by atoms with van der Waals surface area (Å²) in [4.78, 5) is 12.4. The van der Waals surface area contributed by atoms with Gasteiger partial charge in [0.15, 0.2) is 0 Å². The van der Waals surface area contributed by atoms with Crippen LogP contribution in [-0.2, 0) is 4.79 Å². The van der Waals surface area contributed by atoms with Gasteiger partial charge in [0.1, 0.15) is 34.6 Å². The number of hydrogen-bond acceptors (Lipinski definition) is 6. The molecule has 1 atom stereocenters. The number of fused-ring (bicyclic) bond motifs is 1. The molecule has 38 heavy (non-hydrogen) atoms. The van der Waals surface area contributed by atoms with Gasteiger partial charge in [-0.1, -0.05) is 66.2 Å². The maximum absolute atomic E-state index is 12.4. The van der Waals surface area contributed by atoms with Crippen LogP contribution in [0.3, 0.4) is 0 Å². The van der Waals surface area contributed by atoms with Crippen molar-refractivity contribution in [1.82, 2.24) is 0 Å². The lowest BCUT2D eigenvalue weighted by molar-refractivity contribution is -0.128. The summed E-state index contributed by atoms with van der Waals surface area (Å²) >= 11 is 6.13. The van der Waals surface area contributed by atoms with Gasteiger partial charge >= 0.3 is 5.97 Å². The van der Waals surface area contributed by atoms with Gasteiger partial charge in [-0.05, 0) is 53.6 Å². The first-order chi connectivity index (χ1) is 18.5. The molecule has 1 unspecified atom stereocenters. The van der Waals surface area contributed by atoms with Crippen molar-refractivity contribution in [3.05, 3.63) is 136 Å². The van der Waals surface area contributed by atoms with Crippen molar-refractivity contribution in [1.29, 1.82) is 5.26 Å². The molecular formula is C31H21ClN2O4. The third-order valence-corrected chi connectivity index (χ3v) is 6.23. The fourth-order valence-electron chi connectivity index (χ4n) is 4.14. The summed E-state index contributed by atoms with van der Waals surface area (Å²) in [7, 11) is 0. The molecule has 2 N–H and O–H groups in total. The fraction of sp³-hybridized carbons (Fsp3) is 0.0323. The molecular weight excluding hydrogens is 500 g/mol. The van der Waals surface area contributed by atoms with Crippen LogP contribution in [-0.4, -0.2) is 5.97 Å². The largest absolute Gasteiger partial charge is 0.457 e. The molecule has 1 heterocycles. The summed E-state index contributed by atoms with van der Waals surface area (Å²) in [5.41, 5.74) is 8.63. The predicted molar refractivity (Wildman–Crippen MR) is 145 cm³/mol. The maximum Gasteiger partial charge on any atom is 0.336 e. The molecule has 0 fully saturated rings. The van der Waals surface area contributed by atoms with E-state index in [1.807, 2.05) is 66.7 Å². The zero-order chi connectivity index (χ0) is 26.5. The van der Waals surface area contributed by atoms with Crippen molar-refractivity contribution in [2.24, 2.45) is 5.73 Å². The summed E-state index contributed by atoms with van der Waals surface area (Å²) in [6.45, 7) is 0. The van der Waals surface area contributed by atoms with E-state index in [2.05, 4.69) is 6.07 Å². The molecule has 0 bridgehead atoms. The molecule has 0 aromatic heterocycles. The quantitative estimate of drug-likeness (QED) is 0.167. The van der Waals surface area contributed by atoms with E-state index in [4.69, 9.17) is 31.5 Å². The second-order valence-corrected chi connectivity index (χ2v) is 8.80. The van der Waals surface area contributed by atoms with Crippen LogP contribution >= 0.6 is 11.6 Å². The average Bonchev–Trinajstić information content (AvgIpc) is 2.92. The number of nitrogens with two attached hydrogens (primary N) is 1. The van der Waals surface area contributed by atoms with E-state index >= 15 is 0 Å². The molecule has 5 rings (SSSR count). The van der Waals surface area contributed by atoms with Crippen LogP contribution in [0.2, 0.25) is 5.02 Å². The van der Waals surface area contributed by atoms with Crippen molar-refractivity contribution in [3.63, 3.8) is 0 Å². The monoisotopic (exact) mass is 520 g/mol. The number of carbonyl (C=O) groups excluding carboxylic acids is 1. The van der Waals surface area contributed by atoms with Gasteiger partial charge < -0.3 is 19.9 Å². The van der Waals surface area contributed by atoms with Gasteiger partial charge in [0.2, 0.25) is 5.88 Å². The van der Waals surface area contributed by atoms with Crippen LogP contribution in [0.5, 0.6) is 23.0 Å². The van der Waals surface area contributed by atoms with Crippen LogP contribution in [0.1, 0.15) is 22.6 Å². The number of nitrogens with zero attached hydrogens (tertiary/aromatic N) is 1. The first-order valence-electron chi connectivity index (χ1n) is 11.7. The van der Waals surface area contributed by atoms with Crippen LogP contribution in [0.25, 0.3) is 6.08 Å². The van der Waals surface area contributed by atoms with Gasteiger partial charge in [0.25, 0.3) is 0 Å². The fourth-order valence-corrected chi connectivity index (χ4v) is 4.34. The highest BCUT2D eigenvalue weighted by molar-refractivity contribution is 6.32. The van der Waals surface area contributed by atoms with E-state index < -0.39 is 11.9 Å². The zero-order valence-electron chi connectivity index (χ0n) is 20.0. The smallest absolute Gasteiger partial charge is 0.336 e. The lowest BCUT2D eigenvalue weighted by atomic mass is 9.83. The van der Waals surface area contributed by atoms with E-state index in [0.29, 0.717) is 33.4 Å². The molecule has 0 aliphatic carbocycles. The minimum absolute atomic E-state index is 0.0125. The van der Waals surface area contributed by atoms with Crippen LogP contribution in [0.15, 0.2) is 115 Å². The second-order valence-electron chi connectivity index (χ2n) is 8.39. The minimum Gasteiger partial charge on any atom is -0.457 e. The molecule has 0 radical (unpaired) electrons. The predicted octanol–water partition coefficient (Wildman–Crippen LogP) is 6.97. The number of ether oxygens (including phenoxy) is 3. The lowest BCUT2D eigenvalue weighted by Gasteiger charge is -2.27. The van der Waals surface area contributed by atoms with Gasteiger partial charge in [-0.15, -0.1) is 0 Å². The van der Waals surface area contributed by atoms with Gasteiger partial charge in [0.05, 0.1) is 5.92 Å². The Morgan fingerprint density at radius 3 is 2.47 bits per heavy atom. The summed E-state index contributed by atoms with van der Waals surface area (Å²) in [6, 6.07) is 31.2. The van der Waals surface area contributed by atoms with E-state index in [-0.39, 0.29) is 17.2 Å². The standard InChI is InChI=1S/C31H21ClN2O4/c32-27-12-5-4-7-20(27)13-16-29(35)37-24-14-15-25-28(18-24)38-31(34)26(19-33)30(25)21-8-6-11-23(17-21)36-22-9-2-1-3-10-22/h1-18,30H,34H2/b16-13+. The second kappa shape index (κ2) is 11.0. The molecule has 186 valence electrons. The SMILES string of the molecule is N#CC1=C(N)Oc2cc(OC(=O)/C=C/c3ccccc3Cl)ccc2C1c1cccc(Oc2ccccc2)c1. The van der Waals surface area contributed by atoms with Crippen molar-refractivity contribution in [2.75, 3.05) is 0 Å². The third-order valence-electron chi connectivity index (χ3n) is 5.88. The zero-order valence-corrected chi connectivity index (χ0v) is 20.8. The Hall–Kier alpha value is -4.99. The Bertz CT molecular complexity index is 1610. The molecule has 0 saturated heterocycles. The Morgan fingerprint density at radius 2 is 1.68 bits per heavy atom. The number of para-hydroxylation sites is 1. The van der Waals surface area contributed by atoms with E-state index in [1.54, 1.807) is 36.4 Å². The number of esters is 1. The van der Waals surface area contributed by atoms with Crippen LogP contribution < -0.4 is 19.9 Å². The van der Waals surface area contributed by atoms with Crippen molar-refractivity contribution < 1.29 is 19.0 Å². The average molecular weight is 521 g/mol. The highest BCUT2D eigenvalue weighted by atomic mass is 35.5. The third kappa shape index (κ3) is 5.39. The molecule has 0 amide bonds. The number of allylic oxidation sites excluding steroid dienone is 1. The van der Waals surface area contributed by atoms with Gasteiger partial charge in [-0.25, -0.2) is 4.79 Å². The first-order valence-corrected chi connectivity index (χ1v) is 12.1. The molecule has 0 saturated carbocycles. The molecule has 1 aliphatic heterocycles. The van der Waals surface area contributed by atoms with Crippen molar-refractivity contribution in [2.45, 2.75) is 5.92 Å². The van der Waals surface area contributed by atoms with Crippen molar-refractivity contribution >= 4 is 23.6 Å².